The third kappa shape index (κ3) is 3.95. The molecule has 2 aliphatic rings. The highest BCUT2D eigenvalue weighted by Gasteiger charge is 2.33. The number of anilines is 1. The lowest BCUT2D eigenvalue weighted by Gasteiger charge is -2.31. The lowest BCUT2D eigenvalue weighted by molar-refractivity contribution is -0.136. The van der Waals surface area contributed by atoms with Gasteiger partial charge in [-0.15, -0.1) is 10.2 Å². The van der Waals surface area contributed by atoms with E-state index in [1.54, 1.807) is 0 Å². The highest BCUT2D eigenvalue weighted by atomic mass is 16.5. The molecule has 24 heavy (non-hydrogen) atoms. The minimum atomic E-state index is 0.00905. The van der Waals surface area contributed by atoms with Gasteiger partial charge in [0.15, 0.2) is 5.82 Å². The zero-order valence-electron chi connectivity index (χ0n) is 14.8. The molecular weight excluding hydrogens is 306 g/mol. The van der Waals surface area contributed by atoms with Crippen LogP contribution < -0.4 is 9.64 Å². The quantitative estimate of drug-likeness (QED) is 0.815. The Morgan fingerprint density at radius 1 is 1.21 bits per heavy atom. The number of hydrogen-bond donors (Lipinski definition) is 0. The number of aromatic nitrogens is 2. The number of carbonyl (C=O) groups excluding carboxylic acids is 1. The monoisotopic (exact) mass is 333 g/mol. The topological polar surface area (TPSA) is 61.8 Å². The Kier molecular flexibility index (Phi) is 5.18. The predicted molar refractivity (Wildman–Crippen MR) is 92.2 cm³/mol. The van der Waals surface area contributed by atoms with E-state index in [0.717, 1.165) is 44.7 Å². The predicted octanol–water partition coefficient (Wildman–Crippen LogP) is 0.864. The number of likely N-dealkylation sites (tertiary alicyclic amines) is 2. The van der Waals surface area contributed by atoms with Crippen molar-refractivity contribution in [1.82, 2.24) is 20.0 Å². The van der Waals surface area contributed by atoms with Crippen LogP contribution in [0.4, 0.5) is 5.82 Å². The molecule has 0 bridgehead atoms. The number of carbonyl (C=O) groups is 1. The molecule has 2 fully saturated rings. The minimum Gasteiger partial charge on any atom is -0.471 e. The Bertz CT molecular complexity index is 563. The summed E-state index contributed by atoms with van der Waals surface area (Å²) < 4.78 is 5.90. The van der Waals surface area contributed by atoms with Crippen LogP contribution >= 0.6 is 0 Å². The van der Waals surface area contributed by atoms with Crippen LogP contribution in [-0.2, 0) is 4.79 Å². The van der Waals surface area contributed by atoms with Gasteiger partial charge in [0.1, 0.15) is 6.10 Å². The fraction of sp³-hybridized carbons (Fsp3) is 0.706. The molecule has 3 rings (SSSR count). The Labute approximate surface area is 143 Å². The standard InChI is InChI=1S/C17H27N5O2/c1-20(2)15-6-7-16(19-18-15)24-14-8-10-22(12-14)17(23)13-5-4-9-21(3)11-13/h6-7,13-14H,4-5,8-12H2,1-3H3/t13-,14+/m0/s1. The summed E-state index contributed by atoms with van der Waals surface area (Å²) in [4.78, 5) is 18.8. The van der Waals surface area contributed by atoms with Gasteiger partial charge in [-0.05, 0) is 32.5 Å². The van der Waals surface area contributed by atoms with Gasteiger partial charge in [-0.2, -0.15) is 0 Å². The summed E-state index contributed by atoms with van der Waals surface area (Å²) in [7, 11) is 5.94. The zero-order chi connectivity index (χ0) is 17.1. The van der Waals surface area contributed by atoms with Crippen molar-refractivity contribution in [2.45, 2.75) is 25.4 Å². The van der Waals surface area contributed by atoms with Gasteiger partial charge in [0.05, 0.1) is 12.5 Å². The average Bonchev–Trinajstić information content (AvgIpc) is 3.03. The molecule has 0 N–H and O–H groups in total. The van der Waals surface area contributed by atoms with Crippen molar-refractivity contribution in [3.05, 3.63) is 12.1 Å². The van der Waals surface area contributed by atoms with Crippen LogP contribution in [0.3, 0.4) is 0 Å². The Balaban J connectivity index is 1.52. The summed E-state index contributed by atoms with van der Waals surface area (Å²) in [6.45, 7) is 3.39. The first-order valence-electron chi connectivity index (χ1n) is 8.68. The summed E-state index contributed by atoms with van der Waals surface area (Å²) in [5.41, 5.74) is 0. The van der Waals surface area contributed by atoms with Gasteiger partial charge in [-0.1, -0.05) is 0 Å². The molecule has 0 saturated carbocycles. The van der Waals surface area contributed by atoms with E-state index in [0.29, 0.717) is 12.4 Å². The average molecular weight is 333 g/mol. The van der Waals surface area contributed by atoms with Crippen molar-refractivity contribution in [3.8, 4) is 5.88 Å². The van der Waals surface area contributed by atoms with E-state index in [4.69, 9.17) is 4.74 Å². The van der Waals surface area contributed by atoms with Crippen LogP contribution in [0.1, 0.15) is 19.3 Å². The van der Waals surface area contributed by atoms with Gasteiger partial charge in [0.25, 0.3) is 0 Å². The molecule has 0 spiro atoms. The molecule has 3 heterocycles. The first-order chi connectivity index (χ1) is 11.5. The zero-order valence-corrected chi connectivity index (χ0v) is 14.8. The van der Waals surface area contributed by atoms with Crippen LogP contribution in [0.25, 0.3) is 0 Å². The summed E-state index contributed by atoms with van der Waals surface area (Å²) >= 11 is 0. The van der Waals surface area contributed by atoms with Gasteiger partial charge in [0, 0.05) is 39.7 Å². The summed E-state index contributed by atoms with van der Waals surface area (Å²) in [6, 6.07) is 3.72. The Hall–Kier alpha value is -1.89. The fourth-order valence-corrected chi connectivity index (χ4v) is 3.44. The molecule has 1 aromatic heterocycles. The van der Waals surface area contributed by atoms with Crippen molar-refractivity contribution in [2.24, 2.45) is 5.92 Å². The highest BCUT2D eigenvalue weighted by molar-refractivity contribution is 5.79. The number of nitrogens with zero attached hydrogens (tertiary/aromatic N) is 5. The van der Waals surface area contributed by atoms with Crippen molar-refractivity contribution < 1.29 is 9.53 Å². The Morgan fingerprint density at radius 3 is 2.71 bits per heavy atom. The lowest BCUT2D eigenvalue weighted by atomic mass is 9.97. The van der Waals surface area contributed by atoms with E-state index in [1.165, 1.54) is 0 Å². The maximum atomic E-state index is 12.7. The molecule has 1 amide bonds. The van der Waals surface area contributed by atoms with Gasteiger partial charge >= 0.3 is 0 Å². The van der Waals surface area contributed by atoms with Gasteiger partial charge < -0.3 is 19.4 Å². The number of ether oxygens (including phenoxy) is 1. The summed E-state index contributed by atoms with van der Waals surface area (Å²) in [5, 5.41) is 8.23. The highest BCUT2D eigenvalue weighted by Crippen LogP contribution is 2.22. The molecule has 2 atom stereocenters. The number of amides is 1. The van der Waals surface area contributed by atoms with Gasteiger partial charge in [-0.25, -0.2) is 0 Å². The third-order valence-electron chi connectivity index (χ3n) is 4.80. The van der Waals surface area contributed by atoms with Crippen LogP contribution in [0.5, 0.6) is 5.88 Å². The normalized spacial score (nSPS) is 24.9. The molecule has 0 aromatic carbocycles. The van der Waals surface area contributed by atoms with E-state index >= 15 is 0 Å². The van der Waals surface area contributed by atoms with Crippen molar-refractivity contribution >= 4 is 11.7 Å². The van der Waals surface area contributed by atoms with E-state index in [2.05, 4.69) is 22.1 Å². The molecule has 7 heteroatoms. The van der Waals surface area contributed by atoms with E-state index in [1.807, 2.05) is 36.0 Å². The maximum absolute atomic E-state index is 12.7. The summed E-state index contributed by atoms with van der Waals surface area (Å²) in [6.07, 6.45) is 2.97. The summed E-state index contributed by atoms with van der Waals surface area (Å²) in [5.74, 6) is 1.74. The third-order valence-corrected chi connectivity index (χ3v) is 4.80. The van der Waals surface area contributed by atoms with Crippen LogP contribution in [-0.4, -0.2) is 79.3 Å². The fourth-order valence-electron chi connectivity index (χ4n) is 3.44. The molecule has 2 aliphatic heterocycles. The second kappa shape index (κ2) is 7.34. The molecule has 0 radical (unpaired) electrons. The molecule has 0 aliphatic carbocycles. The Morgan fingerprint density at radius 2 is 2.04 bits per heavy atom. The molecule has 7 nitrogen and oxygen atoms in total. The smallest absolute Gasteiger partial charge is 0.233 e. The minimum absolute atomic E-state index is 0.00905. The second-order valence-electron chi connectivity index (χ2n) is 7.04. The second-order valence-corrected chi connectivity index (χ2v) is 7.04. The van der Waals surface area contributed by atoms with E-state index in [-0.39, 0.29) is 17.9 Å². The molecular formula is C17H27N5O2. The number of hydrogen-bond acceptors (Lipinski definition) is 6. The van der Waals surface area contributed by atoms with Crippen molar-refractivity contribution in [2.75, 3.05) is 52.2 Å². The van der Waals surface area contributed by atoms with Crippen molar-refractivity contribution in [3.63, 3.8) is 0 Å². The molecule has 2 saturated heterocycles. The van der Waals surface area contributed by atoms with Gasteiger partial charge in [-0.3, -0.25) is 4.79 Å². The maximum Gasteiger partial charge on any atom is 0.233 e. The van der Waals surface area contributed by atoms with Crippen LogP contribution in [0.15, 0.2) is 12.1 Å². The van der Waals surface area contributed by atoms with E-state index in [9.17, 15) is 4.79 Å². The van der Waals surface area contributed by atoms with Crippen LogP contribution in [0, 0.1) is 5.92 Å². The molecule has 132 valence electrons. The first-order valence-corrected chi connectivity index (χ1v) is 8.68. The van der Waals surface area contributed by atoms with Crippen molar-refractivity contribution in [1.29, 1.82) is 0 Å². The first kappa shape index (κ1) is 17.0. The lowest BCUT2D eigenvalue weighted by Crippen LogP contribution is -2.43. The van der Waals surface area contributed by atoms with Gasteiger partial charge in [0.2, 0.25) is 11.8 Å². The largest absolute Gasteiger partial charge is 0.471 e. The number of rotatable bonds is 4. The SMILES string of the molecule is CN1CCC[C@H](C(=O)N2CC[C@@H](Oc3ccc(N(C)C)nn3)C2)C1. The molecule has 1 aromatic rings. The number of piperidine rings is 1. The van der Waals surface area contributed by atoms with Crippen LogP contribution in [0.2, 0.25) is 0 Å². The molecule has 0 unspecified atom stereocenters. The van der Waals surface area contributed by atoms with E-state index < -0.39 is 0 Å².